The molecular formula is C27H69O10PSi7. The van der Waals surface area contributed by atoms with E-state index < -0.39 is 96.4 Å². The predicted molar refractivity (Wildman–Crippen MR) is 205 cm³/mol. The van der Waals surface area contributed by atoms with Gasteiger partial charge in [0.15, 0.2) is 56.0 Å². The Morgan fingerprint density at radius 2 is 0.844 bits per heavy atom. The lowest BCUT2D eigenvalue weighted by molar-refractivity contribution is -0.156. The van der Waals surface area contributed by atoms with Crippen LogP contribution in [0.15, 0.2) is 0 Å². The summed E-state index contributed by atoms with van der Waals surface area (Å²) in [5.74, 6) is -0.452. The van der Waals surface area contributed by atoms with Crippen LogP contribution >= 0.6 is 7.82 Å². The van der Waals surface area contributed by atoms with Gasteiger partial charge in [-0.3, -0.25) is 9.32 Å². The second kappa shape index (κ2) is 16.3. The normalized spacial score (nSPS) is 17.5. The molecule has 0 aliphatic rings. The number of rotatable bonds is 20. The van der Waals surface area contributed by atoms with Gasteiger partial charge in [-0.2, -0.15) is 0 Å². The maximum atomic E-state index is 14.2. The molecule has 0 N–H and O–H groups in total. The fourth-order valence-corrected chi connectivity index (χ4v) is 15.6. The minimum atomic E-state index is -3.98. The Hall–Kier alpha value is 0.938. The molecule has 10 nitrogen and oxygen atoms in total. The summed E-state index contributed by atoms with van der Waals surface area (Å²) in [7, 11) is -20.2. The van der Waals surface area contributed by atoms with E-state index in [9.17, 15) is 9.36 Å². The van der Waals surface area contributed by atoms with Crippen molar-refractivity contribution in [2.24, 2.45) is 0 Å². The first-order chi connectivity index (χ1) is 19.4. The van der Waals surface area contributed by atoms with Crippen LogP contribution < -0.4 is 0 Å². The zero-order chi connectivity index (χ0) is 36.3. The summed E-state index contributed by atoms with van der Waals surface area (Å²) in [6, 6.07) is 0. The Morgan fingerprint density at radius 3 is 1.16 bits per heavy atom. The van der Waals surface area contributed by atoms with Crippen LogP contribution in [0.1, 0.15) is 0 Å². The summed E-state index contributed by atoms with van der Waals surface area (Å²) in [4.78, 5) is 14.0. The molecule has 45 heavy (non-hydrogen) atoms. The molecule has 4 atom stereocenters. The molecule has 0 aromatic heterocycles. The molecule has 4 unspecified atom stereocenters. The van der Waals surface area contributed by atoms with Gasteiger partial charge in [0.25, 0.3) is 0 Å². The van der Waals surface area contributed by atoms with Gasteiger partial charge >= 0.3 is 13.8 Å². The quantitative estimate of drug-likeness (QED) is 0.0877. The highest BCUT2D eigenvalue weighted by Crippen LogP contribution is 2.54. The molecule has 0 aliphatic heterocycles. The molecule has 0 fully saturated rings. The third kappa shape index (κ3) is 23.1. The van der Waals surface area contributed by atoms with Gasteiger partial charge in [0.2, 0.25) is 8.32 Å². The molecule has 0 aliphatic carbocycles. The summed E-state index contributed by atoms with van der Waals surface area (Å²) in [6.45, 7) is 42.3. The maximum absolute atomic E-state index is 14.2. The Morgan fingerprint density at radius 1 is 0.489 bits per heavy atom. The fraction of sp³-hybridized carbons (Fsp3) is 0.963. The standard InChI is InChI=1S/C27H69O10PSi7/c1-39(2,3)31-23(22-30-38(29,36-44(16,17)18)37-45(19,20)21)24(32-40(4,5)6)25(33-41(7,8)9)26(34-42(10,11)12)27(28)35-43(13,14)15/h23-26H,22H2,1-21H3. The second-order valence-electron chi connectivity index (χ2n) is 18.5. The molecule has 18 heteroatoms. The van der Waals surface area contributed by atoms with Crippen molar-refractivity contribution < 1.29 is 44.4 Å². The van der Waals surface area contributed by atoms with E-state index in [1.165, 1.54) is 0 Å². The number of phosphoric acid groups is 1. The summed E-state index contributed by atoms with van der Waals surface area (Å²) < 4.78 is 66.0. The third-order valence-electron chi connectivity index (χ3n) is 4.76. The van der Waals surface area contributed by atoms with Crippen molar-refractivity contribution >= 4 is 72.0 Å². The van der Waals surface area contributed by atoms with Gasteiger partial charge < -0.3 is 30.6 Å². The van der Waals surface area contributed by atoms with Gasteiger partial charge in [-0.1, -0.05) is 0 Å². The zero-order valence-corrected chi connectivity index (χ0v) is 40.4. The zero-order valence-electron chi connectivity index (χ0n) is 32.5. The van der Waals surface area contributed by atoms with Crippen molar-refractivity contribution in [3.63, 3.8) is 0 Å². The molecule has 0 heterocycles. The van der Waals surface area contributed by atoms with Crippen LogP contribution in [0.4, 0.5) is 0 Å². The molecule has 0 radical (unpaired) electrons. The Labute approximate surface area is 283 Å². The molecule has 0 aromatic rings. The van der Waals surface area contributed by atoms with Crippen LogP contribution in [-0.4, -0.2) is 95.2 Å². The lowest BCUT2D eigenvalue weighted by Crippen LogP contribution is -2.61. The minimum absolute atomic E-state index is 0.139. The second-order valence-corrected chi connectivity index (χ2v) is 51.8. The fourth-order valence-electron chi connectivity index (χ4n) is 4.02. The van der Waals surface area contributed by atoms with Crippen LogP contribution in [0.25, 0.3) is 0 Å². The van der Waals surface area contributed by atoms with E-state index >= 15 is 0 Å². The first-order valence-corrected chi connectivity index (χ1v) is 41.3. The lowest BCUT2D eigenvalue weighted by Gasteiger charge is -2.45. The van der Waals surface area contributed by atoms with E-state index in [-0.39, 0.29) is 6.61 Å². The van der Waals surface area contributed by atoms with Gasteiger partial charge in [-0.15, -0.1) is 0 Å². The van der Waals surface area contributed by atoms with E-state index in [4.69, 9.17) is 35.1 Å². The molecule has 0 amide bonds. The van der Waals surface area contributed by atoms with E-state index in [0.29, 0.717) is 0 Å². The first kappa shape index (κ1) is 45.9. The van der Waals surface area contributed by atoms with Crippen molar-refractivity contribution in [3.05, 3.63) is 0 Å². The Kier molecular flexibility index (Phi) is 16.6. The Balaban J connectivity index is 7.40. The molecule has 0 aromatic carbocycles. The third-order valence-corrected chi connectivity index (χ3v) is 16.1. The Bertz CT molecular complexity index is 965. The monoisotopic (exact) mass is 780 g/mol. The molecular weight excluding hydrogens is 712 g/mol. The summed E-state index contributed by atoms with van der Waals surface area (Å²) >= 11 is 0. The molecule has 0 bridgehead atoms. The number of hydrogen-bond acceptors (Lipinski definition) is 10. The van der Waals surface area contributed by atoms with E-state index in [1.54, 1.807) is 0 Å². The van der Waals surface area contributed by atoms with Crippen molar-refractivity contribution in [2.45, 2.75) is 162 Å². The average molecular weight is 781 g/mol. The van der Waals surface area contributed by atoms with Gasteiger partial charge in [-0.05, 0) is 137 Å². The average Bonchev–Trinajstić information content (AvgIpc) is 2.65. The van der Waals surface area contributed by atoms with Crippen LogP contribution in [0.5, 0.6) is 0 Å². The van der Waals surface area contributed by atoms with Crippen molar-refractivity contribution in [1.29, 1.82) is 0 Å². The van der Waals surface area contributed by atoms with E-state index in [2.05, 4.69) is 58.9 Å². The number of carbonyl (C=O) groups excluding carboxylic acids is 1. The van der Waals surface area contributed by atoms with Crippen LogP contribution in [0.2, 0.25) is 137 Å². The van der Waals surface area contributed by atoms with Crippen LogP contribution in [0.3, 0.4) is 0 Å². The summed E-state index contributed by atoms with van der Waals surface area (Å²) in [6.07, 6.45) is -3.47. The van der Waals surface area contributed by atoms with E-state index in [0.717, 1.165) is 0 Å². The lowest BCUT2D eigenvalue weighted by atomic mass is 10.0. The maximum Gasteiger partial charge on any atom is 0.455 e. The highest BCUT2D eigenvalue weighted by molar-refractivity contribution is 7.52. The van der Waals surface area contributed by atoms with Crippen molar-refractivity contribution in [3.8, 4) is 0 Å². The molecule has 0 saturated carbocycles. The number of carbonyl (C=O) groups is 1. The van der Waals surface area contributed by atoms with Crippen molar-refractivity contribution in [1.82, 2.24) is 0 Å². The topological polar surface area (TPSA) is 108 Å². The van der Waals surface area contributed by atoms with Gasteiger partial charge in [0, 0.05) is 0 Å². The molecule has 270 valence electrons. The minimum Gasteiger partial charge on any atom is -0.518 e. The molecule has 0 rings (SSSR count). The largest absolute Gasteiger partial charge is 0.518 e. The molecule has 0 saturated heterocycles. The SMILES string of the molecule is C[Si](C)(C)OC(=O)C(O[Si](C)(C)C)C(O[Si](C)(C)C)C(O[Si](C)(C)C)C(COP(=O)(O[Si](C)(C)C)O[Si](C)(C)C)O[Si](C)(C)C. The summed E-state index contributed by atoms with van der Waals surface area (Å²) in [5.41, 5.74) is 0. The van der Waals surface area contributed by atoms with Crippen LogP contribution in [0, 0.1) is 0 Å². The van der Waals surface area contributed by atoms with Gasteiger partial charge in [0.1, 0.15) is 12.2 Å². The smallest absolute Gasteiger partial charge is 0.455 e. The highest BCUT2D eigenvalue weighted by atomic mass is 31.2. The van der Waals surface area contributed by atoms with Gasteiger partial charge in [0.05, 0.1) is 12.7 Å². The molecule has 0 spiro atoms. The first-order valence-electron chi connectivity index (χ1n) is 16.0. The van der Waals surface area contributed by atoms with E-state index in [1.807, 2.05) is 78.6 Å². The van der Waals surface area contributed by atoms with Crippen molar-refractivity contribution in [2.75, 3.05) is 6.61 Å². The predicted octanol–water partition coefficient (Wildman–Crippen LogP) is 9.07. The van der Waals surface area contributed by atoms with Gasteiger partial charge in [-0.25, -0.2) is 4.57 Å². The number of hydrogen-bond donors (Lipinski definition) is 0. The van der Waals surface area contributed by atoms with Crippen LogP contribution in [-0.2, 0) is 44.4 Å². The summed E-state index contributed by atoms with van der Waals surface area (Å²) in [5, 5.41) is 0. The highest BCUT2D eigenvalue weighted by Gasteiger charge is 2.49.